The Morgan fingerprint density at radius 2 is 1.58 bits per heavy atom. The highest BCUT2D eigenvalue weighted by Crippen LogP contribution is 2.45. The standard InChI is InChI=1S/C26H30Cl2F3NO/c1-3-5-7-17(15-32)25(33,10-6-4-2)23-14-22-21(12-18(27)13-24(22)28)20-11-16(26(29,30)31)8-9-19(20)23/h8-9,11-14,17,33H,3-7,10,15,32H2,1-2H3. The molecule has 0 spiro atoms. The van der Waals surface area contributed by atoms with Crippen molar-refractivity contribution in [1.82, 2.24) is 0 Å². The maximum atomic E-state index is 13.6. The van der Waals surface area contributed by atoms with Crippen molar-refractivity contribution in [1.29, 1.82) is 0 Å². The number of rotatable bonds is 9. The van der Waals surface area contributed by atoms with Crippen molar-refractivity contribution >= 4 is 44.7 Å². The van der Waals surface area contributed by atoms with E-state index in [4.69, 9.17) is 28.9 Å². The van der Waals surface area contributed by atoms with Crippen molar-refractivity contribution in [3.8, 4) is 0 Å². The Hall–Kier alpha value is -1.53. The monoisotopic (exact) mass is 499 g/mol. The molecule has 2 unspecified atom stereocenters. The molecule has 0 aliphatic rings. The Balaban J connectivity index is 2.41. The van der Waals surface area contributed by atoms with Crippen LogP contribution in [0.3, 0.4) is 0 Å². The van der Waals surface area contributed by atoms with E-state index >= 15 is 0 Å². The second-order valence-electron chi connectivity index (χ2n) is 8.77. The summed E-state index contributed by atoms with van der Waals surface area (Å²) in [6, 6.07) is 8.64. The molecule has 3 N–H and O–H groups in total. The van der Waals surface area contributed by atoms with Gasteiger partial charge < -0.3 is 10.8 Å². The lowest BCUT2D eigenvalue weighted by molar-refractivity contribution is -0.137. The average molecular weight is 500 g/mol. The van der Waals surface area contributed by atoms with Crippen LogP contribution in [0.5, 0.6) is 0 Å². The smallest absolute Gasteiger partial charge is 0.385 e. The van der Waals surface area contributed by atoms with Crippen molar-refractivity contribution in [2.75, 3.05) is 6.54 Å². The Kier molecular flexibility index (Phi) is 8.21. The van der Waals surface area contributed by atoms with Crippen LogP contribution in [0.4, 0.5) is 13.2 Å². The summed E-state index contributed by atoms with van der Waals surface area (Å²) >= 11 is 12.7. The van der Waals surface area contributed by atoms with E-state index < -0.39 is 17.3 Å². The third-order valence-electron chi connectivity index (χ3n) is 6.55. The Morgan fingerprint density at radius 3 is 2.18 bits per heavy atom. The molecule has 3 rings (SSSR count). The number of alkyl halides is 3. The third-order valence-corrected chi connectivity index (χ3v) is 7.09. The van der Waals surface area contributed by atoms with E-state index in [1.165, 1.54) is 6.07 Å². The zero-order chi connectivity index (χ0) is 24.4. The quantitative estimate of drug-likeness (QED) is 0.290. The van der Waals surface area contributed by atoms with E-state index in [0.717, 1.165) is 44.2 Å². The highest BCUT2D eigenvalue weighted by Gasteiger charge is 2.39. The molecule has 0 bridgehead atoms. The number of aliphatic hydroxyl groups is 1. The summed E-state index contributed by atoms with van der Waals surface area (Å²) in [6.45, 7) is 4.39. The molecule has 0 fully saturated rings. The van der Waals surface area contributed by atoms with Gasteiger partial charge >= 0.3 is 6.18 Å². The first-order valence-corrected chi connectivity index (χ1v) is 12.2. The van der Waals surface area contributed by atoms with E-state index in [9.17, 15) is 18.3 Å². The normalized spacial score (nSPS) is 15.2. The predicted molar refractivity (Wildman–Crippen MR) is 132 cm³/mol. The molecule has 180 valence electrons. The highest BCUT2D eigenvalue weighted by molar-refractivity contribution is 6.39. The van der Waals surface area contributed by atoms with Crippen LogP contribution in [0.15, 0.2) is 36.4 Å². The fourth-order valence-electron chi connectivity index (χ4n) is 4.72. The fraction of sp³-hybridized carbons (Fsp3) is 0.462. The van der Waals surface area contributed by atoms with Gasteiger partial charge in [0.15, 0.2) is 0 Å². The van der Waals surface area contributed by atoms with Gasteiger partial charge in [-0.3, -0.25) is 0 Å². The third kappa shape index (κ3) is 5.27. The Morgan fingerprint density at radius 1 is 0.909 bits per heavy atom. The highest BCUT2D eigenvalue weighted by atomic mass is 35.5. The number of benzene rings is 3. The van der Waals surface area contributed by atoms with Crippen molar-refractivity contribution in [3.63, 3.8) is 0 Å². The molecule has 0 heterocycles. The molecule has 0 aliphatic heterocycles. The molecule has 33 heavy (non-hydrogen) atoms. The molecule has 7 heteroatoms. The van der Waals surface area contributed by atoms with Crippen LogP contribution in [-0.4, -0.2) is 11.7 Å². The van der Waals surface area contributed by atoms with Crippen LogP contribution >= 0.6 is 23.2 Å². The van der Waals surface area contributed by atoms with Crippen LogP contribution in [0.2, 0.25) is 10.0 Å². The number of hydrogen-bond donors (Lipinski definition) is 2. The minimum atomic E-state index is -4.50. The topological polar surface area (TPSA) is 46.2 Å². The van der Waals surface area contributed by atoms with Crippen LogP contribution in [-0.2, 0) is 11.8 Å². The summed E-state index contributed by atoms with van der Waals surface area (Å²) in [7, 11) is 0. The summed E-state index contributed by atoms with van der Waals surface area (Å²) in [5.74, 6) is -0.238. The molecule has 0 saturated carbocycles. The van der Waals surface area contributed by atoms with E-state index in [2.05, 4.69) is 6.92 Å². The van der Waals surface area contributed by atoms with Crippen LogP contribution in [0.25, 0.3) is 21.5 Å². The average Bonchev–Trinajstić information content (AvgIpc) is 2.76. The lowest BCUT2D eigenvalue weighted by Crippen LogP contribution is -2.40. The number of nitrogens with two attached hydrogens (primary N) is 1. The summed E-state index contributed by atoms with van der Waals surface area (Å²) in [4.78, 5) is 0. The lowest BCUT2D eigenvalue weighted by Gasteiger charge is -2.38. The van der Waals surface area contributed by atoms with E-state index in [1.54, 1.807) is 12.1 Å². The SMILES string of the molecule is CCCCC(CN)C(O)(CCCC)c1cc2c(Cl)cc(Cl)cc2c2cc(C(F)(F)F)ccc12. The molecular formula is C26H30Cl2F3NO. The molecule has 0 radical (unpaired) electrons. The summed E-state index contributed by atoms with van der Waals surface area (Å²) in [5, 5.41) is 14.8. The van der Waals surface area contributed by atoms with Crippen molar-refractivity contribution < 1.29 is 18.3 Å². The molecule has 0 aromatic heterocycles. The second kappa shape index (κ2) is 10.4. The molecular weight excluding hydrogens is 470 g/mol. The summed E-state index contributed by atoms with van der Waals surface area (Å²) in [5.41, 5.74) is 4.66. The predicted octanol–water partition coefficient (Wildman–Crippen LogP) is 8.46. The van der Waals surface area contributed by atoms with Crippen LogP contribution in [0, 0.1) is 5.92 Å². The van der Waals surface area contributed by atoms with Gasteiger partial charge in [0, 0.05) is 21.3 Å². The lowest BCUT2D eigenvalue weighted by atomic mass is 9.73. The fourth-order valence-corrected chi connectivity index (χ4v) is 5.27. The number of halogens is 5. The second-order valence-corrected chi connectivity index (χ2v) is 9.61. The van der Waals surface area contributed by atoms with Gasteiger partial charge in [-0.25, -0.2) is 0 Å². The molecule has 0 aliphatic carbocycles. The zero-order valence-corrected chi connectivity index (χ0v) is 20.4. The van der Waals surface area contributed by atoms with Gasteiger partial charge in [-0.1, -0.05) is 68.8 Å². The van der Waals surface area contributed by atoms with Gasteiger partial charge in [-0.2, -0.15) is 13.2 Å². The molecule has 3 aromatic carbocycles. The molecule has 0 amide bonds. The number of unbranched alkanes of at least 4 members (excludes halogenated alkanes) is 2. The minimum Gasteiger partial charge on any atom is -0.385 e. The molecule has 2 atom stereocenters. The van der Waals surface area contributed by atoms with Crippen LogP contribution in [0.1, 0.15) is 63.5 Å². The Labute approximate surface area is 202 Å². The minimum absolute atomic E-state index is 0.238. The Bertz CT molecular complexity index is 1130. The molecule has 2 nitrogen and oxygen atoms in total. The van der Waals surface area contributed by atoms with Crippen molar-refractivity contribution in [3.05, 3.63) is 57.6 Å². The maximum absolute atomic E-state index is 13.6. The first-order chi connectivity index (χ1) is 15.6. The molecule has 3 aromatic rings. The number of hydrogen-bond acceptors (Lipinski definition) is 2. The van der Waals surface area contributed by atoms with Gasteiger partial charge in [0.25, 0.3) is 0 Å². The van der Waals surface area contributed by atoms with Crippen molar-refractivity contribution in [2.45, 2.75) is 64.1 Å². The van der Waals surface area contributed by atoms with E-state index in [1.807, 2.05) is 13.0 Å². The first kappa shape index (κ1) is 26.1. The van der Waals surface area contributed by atoms with Gasteiger partial charge in [-0.05, 0) is 71.4 Å². The van der Waals surface area contributed by atoms with Gasteiger partial charge in [0.1, 0.15) is 0 Å². The van der Waals surface area contributed by atoms with Gasteiger partial charge in [0.05, 0.1) is 11.2 Å². The maximum Gasteiger partial charge on any atom is 0.416 e. The summed E-state index contributed by atoms with van der Waals surface area (Å²) in [6.07, 6.45) is 0.164. The largest absolute Gasteiger partial charge is 0.416 e. The summed E-state index contributed by atoms with van der Waals surface area (Å²) < 4.78 is 40.7. The molecule has 0 saturated heterocycles. The van der Waals surface area contributed by atoms with Crippen molar-refractivity contribution in [2.24, 2.45) is 11.7 Å². The first-order valence-electron chi connectivity index (χ1n) is 11.4. The van der Waals surface area contributed by atoms with Crippen LogP contribution < -0.4 is 5.73 Å². The van der Waals surface area contributed by atoms with Gasteiger partial charge in [-0.15, -0.1) is 0 Å². The van der Waals surface area contributed by atoms with E-state index in [-0.39, 0.29) is 12.5 Å². The number of fused-ring (bicyclic) bond motifs is 3. The van der Waals surface area contributed by atoms with E-state index in [0.29, 0.717) is 43.6 Å². The van der Waals surface area contributed by atoms with Gasteiger partial charge in [0.2, 0.25) is 0 Å². The zero-order valence-electron chi connectivity index (χ0n) is 18.9.